The minimum Gasteiger partial charge on any atom is -0.478 e. The van der Waals surface area contributed by atoms with Gasteiger partial charge in [0.1, 0.15) is 0 Å². The van der Waals surface area contributed by atoms with Crippen LogP contribution in [0.1, 0.15) is 54.2 Å². The fourth-order valence-electron chi connectivity index (χ4n) is 5.01. The number of carboxylic acid groups (broad SMARTS) is 1. The molecule has 1 aliphatic heterocycles. The molecule has 3 aromatic carbocycles. The number of carboxylic acids is 1. The fourth-order valence-corrected chi connectivity index (χ4v) is 5.01. The number of fused-ring (bicyclic) bond motifs is 4. The van der Waals surface area contributed by atoms with Gasteiger partial charge < -0.3 is 10.4 Å². The number of nitrogens with one attached hydrogen (secondary N) is 1. The number of benzene rings is 3. The van der Waals surface area contributed by atoms with Gasteiger partial charge in [-0.15, -0.1) is 0 Å². The number of ketones is 1. The molecule has 0 aromatic heterocycles. The molecule has 0 saturated carbocycles. The molecule has 2 aliphatic rings. The van der Waals surface area contributed by atoms with Crippen molar-refractivity contribution in [2.24, 2.45) is 5.41 Å². The first kappa shape index (κ1) is 18.6. The normalized spacial score (nSPS) is 19.8. The molecule has 5 rings (SSSR count). The zero-order valence-electron chi connectivity index (χ0n) is 17.0. The van der Waals surface area contributed by atoms with Crippen LogP contribution in [0.4, 0.5) is 5.69 Å². The summed E-state index contributed by atoms with van der Waals surface area (Å²) in [4.78, 5) is 25.3. The summed E-state index contributed by atoms with van der Waals surface area (Å²) in [5, 5.41) is 15.5. The Labute approximate surface area is 175 Å². The highest BCUT2D eigenvalue weighted by Crippen LogP contribution is 2.52. The molecule has 0 saturated heterocycles. The van der Waals surface area contributed by atoms with Gasteiger partial charge in [-0.3, -0.25) is 4.79 Å². The van der Waals surface area contributed by atoms with Gasteiger partial charge in [-0.05, 0) is 45.9 Å². The first-order valence-electron chi connectivity index (χ1n) is 10.2. The van der Waals surface area contributed by atoms with E-state index < -0.39 is 12.0 Å². The largest absolute Gasteiger partial charge is 0.478 e. The van der Waals surface area contributed by atoms with Crippen LogP contribution < -0.4 is 5.32 Å². The van der Waals surface area contributed by atoms with E-state index in [1.54, 1.807) is 12.1 Å². The number of rotatable bonds is 2. The second-order valence-electron chi connectivity index (χ2n) is 9.01. The summed E-state index contributed by atoms with van der Waals surface area (Å²) in [5.74, 6) is -0.889. The molecule has 30 heavy (non-hydrogen) atoms. The molecule has 1 atom stereocenters. The summed E-state index contributed by atoms with van der Waals surface area (Å²) in [6.45, 7) is 4.25. The third-order valence-electron chi connectivity index (χ3n) is 6.24. The molecule has 0 bridgehead atoms. The number of Topliss-reactive ketones (excluding diaryl/α,β-unsaturated/α-hetero) is 1. The monoisotopic (exact) mass is 397 g/mol. The van der Waals surface area contributed by atoms with Crippen molar-refractivity contribution in [1.29, 1.82) is 0 Å². The van der Waals surface area contributed by atoms with Crippen molar-refractivity contribution in [1.82, 2.24) is 0 Å². The first-order chi connectivity index (χ1) is 14.4. The van der Waals surface area contributed by atoms with Gasteiger partial charge in [0.05, 0.1) is 11.6 Å². The molecule has 1 heterocycles. The summed E-state index contributed by atoms with van der Waals surface area (Å²) in [5.41, 5.74) is 4.50. The van der Waals surface area contributed by atoms with Gasteiger partial charge in [-0.25, -0.2) is 4.79 Å². The maximum absolute atomic E-state index is 13.4. The molecular formula is C26H23NO3. The lowest BCUT2D eigenvalue weighted by Gasteiger charge is -2.40. The smallest absolute Gasteiger partial charge is 0.336 e. The number of aromatic carboxylic acids is 1. The average Bonchev–Trinajstić information content (AvgIpc) is 2.71. The molecule has 4 heteroatoms. The van der Waals surface area contributed by atoms with Crippen molar-refractivity contribution in [2.75, 3.05) is 5.32 Å². The molecule has 0 radical (unpaired) electrons. The molecule has 0 spiro atoms. The van der Waals surface area contributed by atoms with Crippen LogP contribution in [0.15, 0.2) is 66.2 Å². The third kappa shape index (κ3) is 2.83. The highest BCUT2D eigenvalue weighted by Gasteiger charge is 2.41. The van der Waals surface area contributed by atoms with E-state index >= 15 is 0 Å². The molecule has 0 amide bonds. The molecule has 0 unspecified atom stereocenters. The van der Waals surface area contributed by atoms with Gasteiger partial charge in [-0.2, -0.15) is 0 Å². The van der Waals surface area contributed by atoms with Crippen LogP contribution >= 0.6 is 0 Å². The Morgan fingerprint density at radius 2 is 1.73 bits per heavy atom. The van der Waals surface area contributed by atoms with Gasteiger partial charge in [0.15, 0.2) is 5.78 Å². The summed E-state index contributed by atoms with van der Waals surface area (Å²) in [6, 6.07) is 18.8. The molecule has 0 fully saturated rings. The van der Waals surface area contributed by atoms with E-state index in [1.165, 1.54) is 0 Å². The number of hydrogen-bond donors (Lipinski definition) is 2. The van der Waals surface area contributed by atoms with Crippen LogP contribution in [0.3, 0.4) is 0 Å². The van der Waals surface area contributed by atoms with E-state index in [1.807, 2.05) is 30.3 Å². The highest BCUT2D eigenvalue weighted by molar-refractivity contribution is 6.13. The summed E-state index contributed by atoms with van der Waals surface area (Å²) >= 11 is 0. The topological polar surface area (TPSA) is 66.4 Å². The van der Waals surface area contributed by atoms with Crippen LogP contribution in [-0.4, -0.2) is 16.9 Å². The zero-order valence-corrected chi connectivity index (χ0v) is 17.0. The number of anilines is 1. The van der Waals surface area contributed by atoms with E-state index in [9.17, 15) is 14.7 Å². The number of carbonyl (C=O) groups excluding carboxylic acids is 1. The van der Waals surface area contributed by atoms with Crippen LogP contribution in [0.2, 0.25) is 0 Å². The Morgan fingerprint density at radius 3 is 2.53 bits per heavy atom. The maximum Gasteiger partial charge on any atom is 0.336 e. The van der Waals surface area contributed by atoms with Crippen molar-refractivity contribution < 1.29 is 14.7 Å². The molecular weight excluding hydrogens is 374 g/mol. The maximum atomic E-state index is 13.4. The second kappa shape index (κ2) is 6.56. The lowest BCUT2D eigenvalue weighted by atomic mass is 9.67. The Bertz CT molecular complexity index is 1250. The minimum absolute atomic E-state index is 0.0949. The second-order valence-corrected chi connectivity index (χ2v) is 9.01. The Morgan fingerprint density at radius 1 is 1.00 bits per heavy atom. The summed E-state index contributed by atoms with van der Waals surface area (Å²) in [6.07, 6.45) is 1.24. The van der Waals surface area contributed by atoms with E-state index in [2.05, 4.69) is 37.4 Å². The Hall–Kier alpha value is -3.40. The number of carbonyl (C=O) groups is 2. The zero-order chi connectivity index (χ0) is 21.0. The summed E-state index contributed by atoms with van der Waals surface area (Å²) < 4.78 is 0. The molecule has 150 valence electrons. The predicted molar refractivity (Wildman–Crippen MR) is 119 cm³/mol. The molecule has 4 nitrogen and oxygen atoms in total. The van der Waals surface area contributed by atoms with Crippen LogP contribution in [0, 0.1) is 5.41 Å². The van der Waals surface area contributed by atoms with Gasteiger partial charge in [0.25, 0.3) is 0 Å². The van der Waals surface area contributed by atoms with Crippen LogP contribution in [0.5, 0.6) is 0 Å². The Balaban J connectivity index is 1.82. The summed E-state index contributed by atoms with van der Waals surface area (Å²) in [7, 11) is 0. The van der Waals surface area contributed by atoms with Crippen LogP contribution in [0.25, 0.3) is 16.3 Å². The van der Waals surface area contributed by atoms with E-state index in [4.69, 9.17) is 0 Å². The SMILES string of the molecule is CC1(C)CC(=O)C2=C(C1)c1c(ccc3ccccc13)N[C@H]2c1ccccc1C(=O)O. The molecule has 2 N–H and O–H groups in total. The van der Waals surface area contributed by atoms with Gasteiger partial charge in [0.2, 0.25) is 0 Å². The molecule has 1 aliphatic carbocycles. The number of allylic oxidation sites excluding steroid dienone is 1. The quantitative estimate of drug-likeness (QED) is 0.569. The van der Waals surface area contributed by atoms with Crippen molar-refractivity contribution in [3.63, 3.8) is 0 Å². The highest BCUT2D eigenvalue weighted by atomic mass is 16.4. The fraction of sp³-hybridized carbons (Fsp3) is 0.231. The predicted octanol–water partition coefficient (Wildman–Crippen LogP) is 5.85. The van der Waals surface area contributed by atoms with Crippen LogP contribution in [-0.2, 0) is 4.79 Å². The van der Waals surface area contributed by atoms with Crippen molar-refractivity contribution in [3.8, 4) is 0 Å². The van der Waals surface area contributed by atoms with Crippen molar-refractivity contribution in [3.05, 3.63) is 82.9 Å². The number of hydrogen-bond acceptors (Lipinski definition) is 3. The Kier molecular flexibility index (Phi) is 4.07. The van der Waals surface area contributed by atoms with Gasteiger partial charge in [-0.1, -0.05) is 62.4 Å². The molecule has 3 aromatic rings. The first-order valence-corrected chi connectivity index (χ1v) is 10.2. The third-order valence-corrected chi connectivity index (χ3v) is 6.24. The lowest BCUT2D eigenvalue weighted by Crippen LogP contribution is -2.33. The van der Waals surface area contributed by atoms with Gasteiger partial charge in [0, 0.05) is 23.2 Å². The van der Waals surface area contributed by atoms with Crippen molar-refractivity contribution in [2.45, 2.75) is 32.7 Å². The van der Waals surface area contributed by atoms with Crippen molar-refractivity contribution >= 4 is 33.8 Å². The average molecular weight is 397 g/mol. The van der Waals surface area contributed by atoms with E-state index in [0.717, 1.165) is 34.0 Å². The van der Waals surface area contributed by atoms with Gasteiger partial charge >= 0.3 is 5.97 Å². The minimum atomic E-state index is -0.984. The standard InChI is InChI=1S/C26H23NO3/c1-26(2)13-19-22-16-8-4-3-7-15(16)11-12-20(22)27-24(23(19)21(28)14-26)17-9-5-6-10-18(17)25(29)30/h3-12,24,27H,13-14H2,1-2H3,(H,29,30)/t24-/m0/s1. The van der Waals surface area contributed by atoms with E-state index in [-0.39, 0.29) is 16.8 Å². The van der Waals surface area contributed by atoms with E-state index in [0.29, 0.717) is 17.6 Å². The lowest BCUT2D eigenvalue weighted by molar-refractivity contribution is -0.118.